The van der Waals surface area contributed by atoms with Gasteiger partial charge in [-0.1, -0.05) is 11.8 Å². The van der Waals surface area contributed by atoms with Crippen molar-refractivity contribution < 1.29 is 24.3 Å². The van der Waals surface area contributed by atoms with E-state index < -0.39 is 11.8 Å². The number of nitrogens with one attached hydrogen (secondary N) is 2. The molecule has 3 N–H and O–H groups in total. The molecule has 4 amide bonds. The molecule has 0 unspecified atom stereocenters. The molecule has 0 saturated carbocycles. The van der Waals surface area contributed by atoms with Gasteiger partial charge in [0.1, 0.15) is 0 Å². The second kappa shape index (κ2) is 9.35. The third kappa shape index (κ3) is 6.13. The molecule has 0 aliphatic carbocycles. The molecule has 0 atom stereocenters. The summed E-state index contributed by atoms with van der Waals surface area (Å²) < 4.78 is 0. The molecule has 0 aromatic heterocycles. The zero-order chi connectivity index (χ0) is 15.7. The van der Waals surface area contributed by atoms with Crippen LogP contribution in [0.25, 0.3) is 0 Å². The maximum absolute atomic E-state index is 11.4. The van der Waals surface area contributed by atoms with Crippen molar-refractivity contribution in [3.8, 4) is 0 Å². The van der Waals surface area contributed by atoms with E-state index in [4.69, 9.17) is 5.11 Å². The van der Waals surface area contributed by atoms with Crippen LogP contribution in [-0.2, 0) is 14.4 Å². The molecule has 0 radical (unpaired) electrons. The Balaban J connectivity index is 2.13. The van der Waals surface area contributed by atoms with Crippen LogP contribution in [-0.4, -0.2) is 65.0 Å². The van der Waals surface area contributed by atoms with Crippen LogP contribution in [0.15, 0.2) is 0 Å². The number of amides is 4. The van der Waals surface area contributed by atoms with Crippen molar-refractivity contribution >= 4 is 34.7 Å². The number of carbonyl (C=O) groups excluding carboxylic acids is 4. The molecule has 21 heavy (non-hydrogen) atoms. The largest absolute Gasteiger partial charge is 0.396 e. The maximum atomic E-state index is 11.4. The molecule has 1 saturated heterocycles. The Kier molecular flexibility index (Phi) is 7.76. The summed E-state index contributed by atoms with van der Waals surface area (Å²) in [5.41, 5.74) is 0. The number of rotatable bonds is 8. The summed E-state index contributed by atoms with van der Waals surface area (Å²) in [5.74, 6) is -1.69. The first-order chi connectivity index (χ1) is 10.1. The number of unbranched alkanes of at least 4 members (excludes halogenated alkanes) is 2. The zero-order valence-electron chi connectivity index (χ0n) is 11.6. The van der Waals surface area contributed by atoms with Gasteiger partial charge in [-0.3, -0.25) is 24.1 Å². The third-order valence-corrected chi connectivity index (χ3v) is 3.65. The number of hydrogen-bond acceptors (Lipinski definition) is 6. The van der Waals surface area contributed by atoms with E-state index in [1.165, 1.54) is 0 Å². The van der Waals surface area contributed by atoms with E-state index in [2.05, 4.69) is 10.6 Å². The predicted octanol–water partition coefficient (Wildman–Crippen LogP) is -0.923. The van der Waals surface area contributed by atoms with Gasteiger partial charge in [0.25, 0.3) is 5.24 Å². The van der Waals surface area contributed by atoms with E-state index in [9.17, 15) is 19.2 Å². The molecule has 1 aliphatic rings. The molecule has 118 valence electrons. The standard InChI is InChI=1S/C12H19N3O5S/c16-7-3-1-2-4-13-10(18)11(19)14-5-6-15-9(17)8-21-12(15)20/h16H,1-8H2,(H,13,18)(H,14,19). The van der Waals surface area contributed by atoms with Crippen molar-refractivity contribution in [3.63, 3.8) is 0 Å². The Morgan fingerprint density at radius 2 is 1.76 bits per heavy atom. The summed E-state index contributed by atoms with van der Waals surface area (Å²) in [4.78, 5) is 46.5. The van der Waals surface area contributed by atoms with Gasteiger partial charge in [0.15, 0.2) is 0 Å². The van der Waals surface area contributed by atoms with Gasteiger partial charge in [0.2, 0.25) is 5.91 Å². The van der Waals surface area contributed by atoms with Crippen LogP contribution in [0.1, 0.15) is 19.3 Å². The van der Waals surface area contributed by atoms with E-state index in [-0.39, 0.29) is 36.6 Å². The van der Waals surface area contributed by atoms with Crippen LogP contribution in [0.2, 0.25) is 0 Å². The van der Waals surface area contributed by atoms with Gasteiger partial charge in [-0.2, -0.15) is 0 Å². The average Bonchev–Trinajstić information content (AvgIpc) is 2.78. The highest BCUT2D eigenvalue weighted by Gasteiger charge is 2.29. The van der Waals surface area contributed by atoms with E-state index in [1.54, 1.807) is 0 Å². The first-order valence-electron chi connectivity index (χ1n) is 6.70. The zero-order valence-corrected chi connectivity index (χ0v) is 12.4. The molecule has 0 aromatic carbocycles. The van der Waals surface area contributed by atoms with Crippen LogP contribution in [0, 0.1) is 0 Å². The van der Waals surface area contributed by atoms with Crippen molar-refractivity contribution in [2.45, 2.75) is 19.3 Å². The highest BCUT2D eigenvalue weighted by molar-refractivity contribution is 8.14. The fraction of sp³-hybridized carbons (Fsp3) is 0.667. The van der Waals surface area contributed by atoms with Gasteiger partial charge < -0.3 is 15.7 Å². The third-order valence-electron chi connectivity index (χ3n) is 2.79. The number of aliphatic hydroxyl groups is 1. The summed E-state index contributed by atoms with van der Waals surface area (Å²) >= 11 is 0.924. The lowest BCUT2D eigenvalue weighted by Crippen LogP contribution is -2.43. The molecule has 0 spiro atoms. The first kappa shape index (κ1) is 17.4. The smallest absolute Gasteiger partial charge is 0.309 e. The van der Waals surface area contributed by atoms with Crippen LogP contribution in [0.3, 0.4) is 0 Å². The minimum Gasteiger partial charge on any atom is -0.396 e. The Labute approximate surface area is 126 Å². The van der Waals surface area contributed by atoms with Crippen LogP contribution < -0.4 is 10.6 Å². The molecule has 0 bridgehead atoms. The van der Waals surface area contributed by atoms with E-state index in [0.717, 1.165) is 23.1 Å². The fourth-order valence-electron chi connectivity index (χ4n) is 1.65. The molecule has 8 nitrogen and oxygen atoms in total. The summed E-state index contributed by atoms with van der Waals surface area (Å²) in [6.45, 7) is 0.599. The van der Waals surface area contributed by atoms with Gasteiger partial charge in [0, 0.05) is 26.2 Å². The normalized spacial score (nSPS) is 14.4. The van der Waals surface area contributed by atoms with Crippen LogP contribution in [0.4, 0.5) is 4.79 Å². The van der Waals surface area contributed by atoms with Crippen LogP contribution >= 0.6 is 11.8 Å². The summed E-state index contributed by atoms with van der Waals surface area (Å²) in [6, 6.07) is 0. The first-order valence-corrected chi connectivity index (χ1v) is 7.69. The van der Waals surface area contributed by atoms with Gasteiger partial charge in [-0.15, -0.1) is 0 Å². The molecule has 1 fully saturated rings. The molecule has 1 heterocycles. The molecular weight excluding hydrogens is 298 g/mol. The van der Waals surface area contributed by atoms with Crippen molar-refractivity contribution in [3.05, 3.63) is 0 Å². The Hall–Kier alpha value is -1.61. The minimum atomic E-state index is -0.788. The minimum absolute atomic E-state index is 0.0504. The number of imide groups is 1. The summed E-state index contributed by atoms with van der Waals surface area (Å²) in [6.07, 6.45) is 2.13. The van der Waals surface area contributed by atoms with Crippen molar-refractivity contribution in [2.24, 2.45) is 0 Å². The molecule has 1 aliphatic heterocycles. The summed E-state index contributed by atoms with van der Waals surface area (Å²) in [7, 11) is 0. The van der Waals surface area contributed by atoms with Gasteiger partial charge in [0.05, 0.1) is 5.75 Å². The lowest BCUT2D eigenvalue weighted by molar-refractivity contribution is -0.139. The van der Waals surface area contributed by atoms with Crippen molar-refractivity contribution in [1.29, 1.82) is 0 Å². The van der Waals surface area contributed by atoms with E-state index in [0.29, 0.717) is 19.4 Å². The van der Waals surface area contributed by atoms with Crippen molar-refractivity contribution in [1.82, 2.24) is 15.5 Å². The Bertz CT molecular complexity index is 400. The molecule has 0 aromatic rings. The molecule has 9 heteroatoms. The Morgan fingerprint density at radius 3 is 2.33 bits per heavy atom. The molecule has 1 rings (SSSR count). The second-order valence-electron chi connectivity index (χ2n) is 4.40. The highest BCUT2D eigenvalue weighted by atomic mass is 32.2. The second-order valence-corrected chi connectivity index (χ2v) is 5.32. The number of nitrogens with zero attached hydrogens (tertiary/aromatic N) is 1. The summed E-state index contributed by atoms with van der Waals surface area (Å²) in [5, 5.41) is 13.1. The number of aliphatic hydroxyl groups excluding tert-OH is 1. The quantitative estimate of drug-likeness (QED) is 0.394. The number of carbonyl (C=O) groups is 4. The van der Waals surface area contributed by atoms with E-state index >= 15 is 0 Å². The highest BCUT2D eigenvalue weighted by Crippen LogP contribution is 2.17. The SMILES string of the molecule is O=C(NCCCCCO)C(=O)NCCN1C(=O)CSC1=O. The lowest BCUT2D eigenvalue weighted by Gasteiger charge is -2.12. The average molecular weight is 317 g/mol. The lowest BCUT2D eigenvalue weighted by atomic mass is 10.2. The fourth-order valence-corrected chi connectivity index (χ4v) is 2.41. The van der Waals surface area contributed by atoms with Gasteiger partial charge in [-0.05, 0) is 19.3 Å². The van der Waals surface area contributed by atoms with Gasteiger partial charge in [-0.25, -0.2) is 0 Å². The topological polar surface area (TPSA) is 116 Å². The predicted molar refractivity (Wildman–Crippen MR) is 76.5 cm³/mol. The Morgan fingerprint density at radius 1 is 1.10 bits per heavy atom. The van der Waals surface area contributed by atoms with Crippen molar-refractivity contribution in [2.75, 3.05) is 32.0 Å². The van der Waals surface area contributed by atoms with Crippen LogP contribution in [0.5, 0.6) is 0 Å². The number of thioether (sulfide) groups is 1. The maximum Gasteiger partial charge on any atom is 0.309 e. The number of hydrogen-bond donors (Lipinski definition) is 3. The monoisotopic (exact) mass is 317 g/mol. The van der Waals surface area contributed by atoms with E-state index in [1.807, 2.05) is 0 Å². The van der Waals surface area contributed by atoms with Gasteiger partial charge >= 0.3 is 11.8 Å². The molecular formula is C12H19N3O5S.